The summed E-state index contributed by atoms with van der Waals surface area (Å²) in [5, 5.41) is 15.1. The van der Waals surface area contributed by atoms with Crippen molar-refractivity contribution >= 4 is 17.7 Å². The lowest BCUT2D eigenvalue weighted by Gasteiger charge is -2.35. The smallest absolute Gasteiger partial charge is 0.246 e. The van der Waals surface area contributed by atoms with Crippen molar-refractivity contribution in [2.75, 3.05) is 19.7 Å². The van der Waals surface area contributed by atoms with E-state index in [0.29, 0.717) is 38.8 Å². The monoisotopic (exact) mass is 437 g/mol. The van der Waals surface area contributed by atoms with Crippen LogP contribution in [0.15, 0.2) is 0 Å². The number of hydrogen-bond donors (Lipinski definition) is 3. The van der Waals surface area contributed by atoms with Crippen LogP contribution in [0.4, 0.5) is 0 Å². The van der Waals surface area contributed by atoms with E-state index in [1.54, 1.807) is 4.90 Å². The van der Waals surface area contributed by atoms with Crippen LogP contribution in [0.2, 0.25) is 0 Å². The number of rotatable bonds is 9. The van der Waals surface area contributed by atoms with Gasteiger partial charge in [0.05, 0.1) is 17.4 Å². The molecule has 3 amide bonds. The van der Waals surface area contributed by atoms with Crippen LogP contribution in [0.5, 0.6) is 0 Å². The zero-order valence-electron chi connectivity index (χ0n) is 19.6. The molecule has 3 fully saturated rings. The number of hydrogen-bond acceptors (Lipinski definition) is 5. The van der Waals surface area contributed by atoms with Crippen molar-refractivity contribution in [3.05, 3.63) is 0 Å². The lowest BCUT2D eigenvalue weighted by Crippen LogP contribution is -2.58. The van der Waals surface area contributed by atoms with E-state index in [1.165, 1.54) is 0 Å². The third-order valence-corrected chi connectivity index (χ3v) is 6.91. The van der Waals surface area contributed by atoms with Gasteiger partial charge < -0.3 is 25.4 Å². The van der Waals surface area contributed by atoms with Gasteiger partial charge in [0.1, 0.15) is 11.6 Å². The van der Waals surface area contributed by atoms with E-state index in [9.17, 15) is 14.4 Å². The number of fused-ring (bicyclic) bond motifs is 1. The number of carbonyl (C=O) groups excluding carboxylic acids is 3. The second-order valence-corrected chi connectivity index (χ2v) is 10.6. The quantitative estimate of drug-likeness (QED) is 0.472. The molecule has 1 spiro atoms. The number of aliphatic hydroxyl groups is 1. The molecular weight excluding hydrogens is 398 g/mol. The maximum Gasteiger partial charge on any atom is 0.246 e. The van der Waals surface area contributed by atoms with Crippen molar-refractivity contribution in [3.8, 4) is 0 Å². The topological polar surface area (TPSA) is 108 Å². The Morgan fingerprint density at radius 3 is 2.52 bits per heavy atom. The Labute approximate surface area is 185 Å². The molecule has 2 unspecified atom stereocenters. The Morgan fingerprint density at radius 1 is 1.19 bits per heavy atom. The summed E-state index contributed by atoms with van der Waals surface area (Å²) in [6.07, 6.45) is 4.17. The van der Waals surface area contributed by atoms with Crippen LogP contribution in [0.1, 0.15) is 73.1 Å². The molecule has 3 N–H and O–H groups in total. The zero-order chi connectivity index (χ0) is 23.0. The Bertz CT molecular complexity index is 720. The van der Waals surface area contributed by atoms with Crippen molar-refractivity contribution in [3.63, 3.8) is 0 Å². The van der Waals surface area contributed by atoms with Crippen molar-refractivity contribution < 1.29 is 24.2 Å². The van der Waals surface area contributed by atoms with E-state index in [2.05, 4.69) is 10.6 Å². The van der Waals surface area contributed by atoms with E-state index in [-0.39, 0.29) is 24.3 Å². The first kappa shape index (κ1) is 24.0. The number of aliphatic hydroxyl groups excluding tert-OH is 1. The number of nitrogens with one attached hydrogen (secondary N) is 2. The van der Waals surface area contributed by atoms with Gasteiger partial charge in [0, 0.05) is 25.2 Å². The average molecular weight is 438 g/mol. The van der Waals surface area contributed by atoms with Gasteiger partial charge in [-0.05, 0) is 66.2 Å². The molecule has 0 aromatic carbocycles. The van der Waals surface area contributed by atoms with Crippen LogP contribution >= 0.6 is 0 Å². The standard InChI is InChI=1S/C23H39N3O5/c1-6-12-24-18(28)15-16-20(30)26(13-8-7-9-14-27)17(19(29)25-21(2,3)4)23(16)11-10-22(15,5)31-23/h15-17,27H,6-14H2,1-5H3,(H,24,28)(H,25,29)/t15-,16-,17?,22+,23?/m0/s1. The summed E-state index contributed by atoms with van der Waals surface area (Å²) in [7, 11) is 0. The van der Waals surface area contributed by atoms with E-state index in [1.807, 2.05) is 34.6 Å². The summed E-state index contributed by atoms with van der Waals surface area (Å²) < 4.78 is 6.54. The molecule has 0 aliphatic carbocycles. The fraction of sp³-hybridized carbons (Fsp3) is 0.870. The van der Waals surface area contributed by atoms with Gasteiger partial charge in [-0.15, -0.1) is 0 Å². The van der Waals surface area contributed by atoms with E-state index < -0.39 is 34.6 Å². The van der Waals surface area contributed by atoms with Gasteiger partial charge in [0.25, 0.3) is 0 Å². The molecular formula is C23H39N3O5. The fourth-order valence-electron chi connectivity index (χ4n) is 5.73. The summed E-state index contributed by atoms with van der Waals surface area (Å²) in [4.78, 5) is 41.9. The van der Waals surface area contributed by atoms with Crippen LogP contribution in [0.3, 0.4) is 0 Å². The van der Waals surface area contributed by atoms with Gasteiger partial charge in [-0.1, -0.05) is 6.92 Å². The average Bonchev–Trinajstić information content (AvgIpc) is 3.23. The van der Waals surface area contributed by atoms with Gasteiger partial charge in [0.2, 0.25) is 17.7 Å². The number of nitrogens with zero attached hydrogens (tertiary/aromatic N) is 1. The highest BCUT2D eigenvalue weighted by Crippen LogP contribution is 2.63. The second-order valence-electron chi connectivity index (χ2n) is 10.6. The SMILES string of the molecule is CCCNC(=O)[C@@H]1[C@H]2C(=O)N(CCCCCO)C(C(=O)NC(C)(C)C)C23CC[C@@]1(C)O3. The minimum Gasteiger partial charge on any atom is -0.396 e. The lowest BCUT2D eigenvalue weighted by molar-refractivity contribution is -0.146. The fourth-order valence-corrected chi connectivity index (χ4v) is 5.73. The normalized spacial score (nSPS) is 34.2. The summed E-state index contributed by atoms with van der Waals surface area (Å²) in [5.41, 5.74) is -2.15. The Hall–Kier alpha value is -1.67. The summed E-state index contributed by atoms with van der Waals surface area (Å²) in [6.45, 7) is 10.7. The highest BCUT2D eigenvalue weighted by Gasteiger charge is 2.77. The van der Waals surface area contributed by atoms with Gasteiger partial charge in [-0.3, -0.25) is 14.4 Å². The van der Waals surface area contributed by atoms with Gasteiger partial charge >= 0.3 is 0 Å². The zero-order valence-corrected chi connectivity index (χ0v) is 19.6. The van der Waals surface area contributed by atoms with Crippen LogP contribution < -0.4 is 10.6 Å². The van der Waals surface area contributed by atoms with Crippen LogP contribution in [-0.2, 0) is 19.1 Å². The number of likely N-dealkylation sites (tertiary alicyclic amines) is 1. The molecule has 8 heteroatoms. The van der Waals surface area contributed by atoms with E-state index in [0.717, 1.165) is 12.8 Å². The summed E-state index contributed by atoms with van der Waals surface area (Å²) >= 11 is 0. The Balaban J connectivity index is 1.95. The number of ether oxygens (including phenoxy) is 1. The van der Waals surface area contributed by atoms with Crippen molar-refractivity contribution in [2.24, 2.45) is 11.8 Å². The molecule has 3 saturated heterocycles. The van der Waals surface area contributed by atoms with Crippen molar-refractivity contribution in [2.45, 2.75) is 95.9 Å². The molecule has 3 heterocycles. The van der Waals surface area contributed by atoms with E-state index >= 15 is 0 Å². The molecule has 3 aliphatic rings. The minimum atomic E-state index is -0.966. The minimum absolute atomic E-state index is 0.107. The molecule has 176 valence electrons. The summed E-state index contributed by atoms with van der Waals surface area (Å²) in [6, 6.07) is -0.746. The van der Waals surface area contributed by atoms with Gasteiger partial charge in [-0.2, -0.15) is 0 Å². The van der Waals surface area contributed by atoms with Crippen LogP contribution in [0.25, 0.3) is 0 Å². The maximum atomic E-state index is 13.7. The molecule has 0 saturated carbocycles. The molecule has 3 aliphatic heterocycles. The number of amides is 3. The van der Waals surface area contributed by atoms with Crippen molar-refractivity contribution in [1.82, 2.24) is 15.5 Å². The number of unbranched alkanes of at least 4 members (excludes halogenated alkanes) is 2. The molecule has 8 nitrogen and oxygen atoms in total. The third kappa shape index (κ3) is 4.21. The lowest BCUT2D eigenvalue weighted by atomic mass is 9.66. The molecule has 0 aromatic heterocycles. The maximum absolute atomic E-state index is 13.7. The molecule has 31 heavy (non-hydrogen) atoms. The Morgan fingerprint density at radius 2 is 1.90 bits per heavy atom. The first-order chi connectivity index (χ1) is 14.5. The largest absolute Gasteiger partial charge is 0.396 e. The number of carbonyl (C=O) groups is 3. The van der Waals surface area contributed by atoms with Gasteiger partial charge in [0.15, 0.2) is 0 Å². The van der Waals surface area contributed by atoms with Crippen molar-refractivity contribution in [1.29, 1.82) is 0 Å². The molecule has 0 radical (unpaired) electrons. The van der Waals surface area contributed by atoms with Crippen LogP contribution in [-0.4, -0.2) is 70.2 Å². The van der Waals surface area contributed by atoms with Crippen LogP contribution in [0, 0.1) is 11.8 Å². The third-order valence-electron chi connectivity index (χ3n) is 6.91. The Kier molecular flexibility index (Phi) is 6.73. The predicted octanol–water partition coefficient (Wildman–Crippen LogP) is 1.35. The van der Waals surface area contributed by atoms with E-state index in [4.69, 9.17) is 9.84 Å². The molecule has 0 aromatic rings. The molecule has 2 bridgehead atoms. The first-order valence-corrected chi connectivity index (χ1v) is 11.7. The molecule has 3 rings (SSSR count). The van der Waals surface area contributed by atoms with Gasteiger partial charge in [-0.25, -0.2) is 0 Å². The highest BCUT2D eigenvalue weighted by atomic mass is 16.5. The predicted molar refractivity (Wildman–Crippen MR) is 116 cm³/mol. The first-order valence-electron chi connectivity index (χ1n) is 11.7. The molecule has 5 atom stereocenters. The summed E-state index contributed by atoms with van der Waals surface area (Å²) in [5.74, 6) is -1.76. The highest BCUT2D eigenvalue weighted by molar-refractivity contribution is 5.99. The second kappa shape index (κ2) is 8.70.